The van der Waals surface area contributed by atoms with Crippen molar-refractivity contribution >= 4 is 12.4 Å². The highest BCUT2D eigenvalue weighted by atomic mass is 35.5. The van der Waals surface area contributed by atoms with Gasteiger partial charge in [0.25, 0.3) is 0 Å². The first-order chi connectivity index (χ1) is 11.3. The molecule has 2 N–H and O–H groups in total. The first-order valence-electron chi connectivity index (χ1n) is 8.42. The van der Waals surface area contributed by atoms with Gasteiger partial charge in [-0.25, -0.2) is 0 Å². The van der Waals surface area contributed by atoms with Gasteiger partial charge in [0, 0.05) is 25.6 Å². The molecule has 130 valence electrons. The molecule has 0 aliphatic carbocycles. The summed E-state index contributed by atoms with van der Waals surface area (Å²) in [7, 11) is 0. The van der Waals surface area contributed by atoms with Crippen LogP contribution in [0.4, 0.5) is 0 Å². The van der Waals surface area contributed by atoms with Crippen LogP contribution in [-0.2, 0) is 19.6 Å². The number of halogens is 1. The number of nitrogens with zero attached hydrogens (tertiary/aromatic N) is 4. The van der Waals surface area contributed by atoms with Gasteiger partial charge in [0.05, 0.1) is 6.54 Å². The zero-order chi connectivity index (χ0) is 15.6. The monoisotopic (exact) mass is 349 g/mol. The van der Waals surface area contributed by atoms with E-state index in [4.69, 9.17) is 0 Å². The fraction of sp³-hybridized carbons (Fsp3) is 0.529. The number of fused-ring (bicyclic) bond motifs is 1. The predicted octanol–water partition coefficient (Wildman–Crippen LogP) is 1.89. The number of nitrogens with one attached hydrogen (secondary N) is 1. The molecule has 1 saturated heterocycles. The first-order valence-corrected chi connectivity index (χ1v) is 8.42. The number of phenols is 1. The van der Waals surface area contributed by atoms with E-state index in [0.29, 0.717) is 11.7 Å². The van der Waals surface area contributed by atoms with Gasteiger partial charge in [0.2, 0.25) is 0 Å². The van der Waals surface area contributed by atoms with Gasteiger partial charge < -0.3 is 15.0 Å². The summed E-state index contributed by atoms with van der Waals surface area (Å²) >= 11 is 0. The Morgan fingerprint density at radius 1 is 1.17 bits per heavy atom. The molecule has 4 rings (SSSR count). The molecule has 0 unspecified atom stereocenters. The lowest BCUT2D eigenvalue weighted by atomic mass is 9.95. The van der Waals surface area contributed by atoms with Crippen molar-refractivity contribution in [3.63, 3.8) is 0 Å². The average molecular weight is 350 g/mol. The van der Waals surface area contributed by atoms with E-state index in [2.05, 4.69) is 31.0 Å². The van der Waals surface area contributed by atoms with Gasteiger partial charge in [-0.15, -0.1) is 22.6 Å². The summed E-state index contributed by atoms with van der Waals surface area (Å²) in [6.07, 6.45) is 2.26. The normalized spacial score (nSPS) is 18.8. The zero-order valence-corrected chi connectivity index (χ0v) is 14.5. The fourth-order valence-corrected chi connectivity index (χ4v) is 3.68. The van der Waals surface area contributed by atoms with Crippen molar-refractivity contribution in [3.8, 4) is 5.75 Å². The number of hydrogen-bond acceptors (Lipinski definition) is 5. The lowest BCUT2D eigenvalue weighted by Gasteiger charge is -2.32. The van der Waals surface area contributed by atoms with Crippen molar-refractivity contribution in [2.24, 2.45) is 0 Å². The second-order valence-electron chi connectivity index (χ2n) is 6.52. The van der Waals surface area contributed by atoms with Gasteiger partial charge in [0.1, 0.15) is 17.4 Å². The van der Waals surface area contributed by atoms with Crippen LogP contribution >= 0.6 is 12.4 Å². The third-order valence-corrected chi connectivity index (χ3v) is 4.92. The summed E-state index contributed by atoms with van der Waals surface area (Å²) in [6, 6.07) is 7.56. The summed E-state index contributed by atoms with van der Waals surface area (Å²) < 4.78 is 2.31. The van der Waals surface area contributed by atoms with Crippen LogP contribution in [0.1, 0.15) is 36.0 Å². The Hall–Kier alpha value is -1.63. The second-order valence-corrected chi connectivity index (χ2v) is 6.52. The molecule has 2 aromatic rings. The molecule has 7 heteroatoms. The quantitative estimate of drug-likeness (QED) is 0.885. The minimum atomic E-state index is 0. The van der Waals surface area contributed by atoms with E-state index in [9.17, 15) is 5.11 Å². The van der Waals surface area contributed by atoms with E-state index in [1.54, 1.807) is 6.07 Å². The maximum atomic E-state index is 9.58. The highest BCUT2D eigenvalue weighted by molar-refractivity contribution is 5.85. The molecule has 0 radical (unpaired) electrons. The average Bonchev–Trinajstić information content (AvgIpc) is 3.00. The molecule has 1 aromatic heterocycles. The van der Waals surface area contributed by atoms with Crippen LogP contribution in [0.3, 0.4) is 0 Å². The summed E-state index contributed by atoms with van der Waals surface area (Å²) in [5.41, 5.74) is 1.18. The number of phenolic OH excluding ortho intramolecular Hbond substituents is 1. The van der Waals surface area contributed by atoms with Crippen LogP contribution in [0, 0.1) is 0 Å². The predicted molar refractivity (Wildman–Crippen MR) is 94.3 cm³/mol. The molecule has 3 heterocycles. The number of aromatic nitrogens is 3. The van der Waals surface area contributed by atoms with Crippen molar-refractivity contribution in [3.05, 3.63) is 41.5 Å². The molecule has 6 nitrogen and oxygen atoms in total. The molecule has 2 aliphatic rings. The number of rotatable bonds is 3. The lowest BCUT2D eigenvalue weighted by Crippen LogP contribution is -2.34. The second kappa shape index (κ2) is 7.51. The van der Waals surface area contributed by atoms with E-state index in [1.165, 1.54) is 11.4 Å². The van der Waals surface area contributed by atoms with Crippen molar-refractivity contribution in [1.82, 2.24) is 25.0 Å². The minimum Gasteiger partial charge on any atom is -0.508 e. The highest BCUT2D eigenvalue weighted by Crippen LogP contribution is 2.28. The van der Waals surface area contributed by atoms with Crippen molar-refractivity contribution in [2.75, 3.05) is 19.6 Å². The molecule has 0 amide bonds. The first kappa shape index (κ1) is 17.2. The minimum absolute atomic E-state index is 0. The molecular weight excluding hydrogens is 326 g/mol. The number of hydrogen-bond donors (Lipinski definition) is 2. The molecule has 0 saturated carbocycles. The molecule has 0 spiro atoms. The summed E-state index contributed by atoms with van der Waals surface area (Å²) in [4.78, 5) is 2.46. The molecule has 24 heavy (non-hydrogen) atoms. The summed E-state index contributed by atoms with van der Waals surface area (Å²) in [5, 5.41) is 21.7. The number of benzene rings is 1. The van der Waals surface area contributed by atoms with Gasteiger partial charge in [-0.3, -0.25) is 4.90 Å². The van der Waals surface area contributed by atoms with Crippen LogP contribution in [0.25, 0.3) is 0 Å². The Balaban J connectivity index is 0.00000169. The third-order valence-electron chi connectivity index (χ3n) is 4.92. The van der Waals surface area contributed by atoms with E-state index in [0.717, 1.165) is 57.9 Å². The smallest absolute Gasteiger partial charge is 0.147 e. The summed E-state index contributed by atoms with van der Waals surface area (Å²) in [6.45, 7) is 5.88. The lowest BCUT2D eigenvalue weighted by molar-refractivity contribution is 0.199. The number of piperidine rings is 1. The standard InChI is InChI=1S/C17H23N5O.ClH/c23-15-3-1-2-13(10-15)12-21-7-4-14(5-8-21)17-20-19-16-11-18-6-9-22(16)17;/h1-3,10,14,18,23H,4-9,11-12H2;1H. The maximum absolute atomic E-state index is 9.58. The molecular formula is C17H24ClN5O. The van der Waals surface area contributed by atoms with E-state index in [-0.39, 0.29) is 12.4 Å². The van der Waals surface area contributed by atoms with Crippen LogP contribution in [0.15, 0.2) is 24.3 Å². The van der Waals surface area contributed by atoms with E-state index >= 15 is 0 Å². The van der Waals surface area contributed by atoms with Crippen molar-refractivity contribution in [1.29, 1.82) is 0 Å². The maximum Gasteiger partial charge on any atom is 0.147 e. The molecule has 0 atom stereocenters. The summed E-state index contributed by atoms with van der Waals surface area (Å²) in [5.74, 6) is 3.13. The largest absolute Gasteiger partial charge is 0.508 e. The fourth-order valence-electron chi connectivity index (χ4n) is 3.68. The van der Waals surface area contributed by atoms with Crippen LogP contribution in [0.5, 0.6) is 5.75 Å². The van der Waals surface area contributed by atoms with Gasteiger partial charge in [-0.05, 0) is 43.6 Å². The number of likely N-dealkylation sites (tertiary alicyclic amines) is 1. The molecule has 1 aromatic carbocycles. The van der Waals surface area contributed by atoms with Gasteiger partial charge in [0.15, 0.2) is 0 Å². The van der Waals surface area contributed by atoms with Crippen LogP contribution in [-0.4, -0.2) is 44.4 Å². The Morgan fingerprint density at radius 3 is 2.79 bits per heavy atom. The molecule has 1 fully saturated rings. The van der Waals surface area contributed by atoms with Gasteiger partial charge in [-0.2, -0.15) is 0 Å². The van der Waals surface area contributed by atoms with Crippen molar-refractivity contribution in [2.45, 2.75) is 38.4 Å². The topological polar surface area (TPSA) is 66.2 Å². The number of aromatic hydroxyl groups is 1. The van der Waals surface area contributed by atoms with Crippen molar-refractivity contribution < 1.29 is 5.11 Å². The van der Waals surface area contributed by atoms with Crippen LogP contribution < -0.4 is 5.32 Å². The van der Waals surface area contributed by atoms with Gasteiger partial charge in [-0.1, -0.05) is 12.1 Å². The van der Waals surface area contributed by atoms with Gasteiger partial charge >= 0.3 is 0 Å². The highest BCUT2D eigenvalue weighted by Gasteiger charge is 2.26. The molecule has 0 bridgehead atoms. The van der Waals surface area contributed by atoms with Crippen LogP contribution in [0.2, 0.25) is 0 Å². The zero-order valence-electron chi connectivity index (χ0n) is 13.7. The molecule has 2 aliphatic heterocycles. The Kier molecular flexibility index (Phi) is 5.38. The Morgan fingerprint density at radius 2 is 2.00 bits per heavy atom. The van der Waals surface area contributed by atoms with E-state index < -0.39 is 0 Å². The SMILES string of the molecule is Cl.Oc1cccc(CN2CCC(c3nnc4n3CCNC4)CC2)c1. The Labute approximate surface area is 148 Å². The van der Waals surface area contributed by atoms with E-state index in [1.807, 2.05) is 12.1 Å². The Bertz CT molecular complexity index is 681. The third kappa shape index (κ3) is 3.55.